The molecule has 0 aliphatic heterocycles. The minimum Gasteiger partial charge on any atom is -0.463 e. The van der Waals surface area contributed by atoms with E-state index < -0.39 is 12.1 Å². The zero-order valence-electron chi connectivity index (χ0n) is 13.4. The van der Waals surface area contributed by atoms with Crippen LogP contribution in [0.15, 0.2) is 71.1 Å². The molecule has 1 amide bonds. The van der Waals surface area contributed by atoms with E-state index in [4.69, 9.17) is 9.15 Å². The number of ether oxygens (including phenoxy) is 2. The first-order chi connectivity index (χ1) is 12.2. The van der Waals surface area contributed by atoms with Crippen molar-refractivity contribution in [1.29, 1.82) is 0 Å². The standard InChI is InChI=1S/C19H15NO5/c1-23-18(21)17-12-11-16(25-17)13-7-9-14(10-8-13)20-19(22)24-15-5-3-2-4-6-15/h2-12H,1H3,(H,20,22). The van der Waals surface area contributed by atoms with Crippen LogP contribution in [0.5, 0.6) is 5.75 Å². The number of para-hydroxylation sites is 1. The Bertz CT molecular complexity index is 868. The molecular weight excluding hydrogens is 322 g/mol. The number of anilines is 1. The number of amides is 1. The van der Waals surface area contributed by atoms with Crippen LogP contribution < -0.4 is 10.1 Å². The highest BCUT2D eigenvalue weighted by atomic mass is 16.6. The van der Waals surface area contributed by atoms with Crippen molar-refractivity contribution in [1.82, 2.24) is 0 Å². The Morgan fingerprint density at radius 3 is 2.32 bits per heavy atom. The molecule has 3 rings (SSSR count). The van der Waals surface area contributed by atoms with Gasteiger partial charge >= 0.3 is 12.1 Å². The largest absolute Gasteiger partial charge is 0.463 e. The van der Waals surface area contributed by atoms with Crippen molar-refractivity contribution in [2.45, 2.75) is 0 Å². The van der Waals surface area contributed by atoms with Crippen LogP contribution in [0.1, 0.15) is 10.6 Å². The van der Waals surface area contributed by atoms with Gasteiger partial charge in [0.1, 0.15) is 11.5 Å². The fourth-order valence-electron chi connectivity index (χ4n) is 2.16. The SMILES string of the molecule is COC(=O)c1ccc(-c2ccc(NC(=O)Oc3ccccc3)cc2)o1. The van der Waals surface area contributed by atoms with E-state index in [0.717, 1.165) is 5.56 Å². The number of hydrogen-bond donors (Lipinski definition) is 1. The molecule has 0 radical (unpaired) electrons. The van der Waals surface area contributed by atoms with Crippen molar-refractivity contribution in [3.8, 4) is 17.1 Å². The van der Waals surface area contributed by atoms with Gasteiger partial charge in [-0.25, -0.2) is 9.59 Å². The number of hydrogen-bond acceptors (Lipinski definition) is 5. The van der Waals surface area contributed by atoms with E-state index in [1.807, 2.05) is 6.07 Å². The molecule has 6 heteroatoms. The average molecular weight is 337 g/mol. The van der Waals surface area contributed by atoms with E-state index in [1.165, 1.54) is 7.11 Å². The maximum atomic E-state index is 11.8. The summed E-state index contributed by atoms with van der Waals surface area (Å²) in [6.45, 7) is 0. The van der Waals surface area contributed by atoms with Crippen LogP contribution in [-0.4, -0.2) is 19.2 Å². The Morgan fingerprint density at radius 1 is 0.920 bits per heavy atom. The van der Waals surface area contributed by atoms with Crippen molar-refractivity contribution in [2.24, 2.45) is 0 Å². The van der Waals surface area contributed by atoms with Gasteiger partial charge in [-0.15, -0.1) is 0 Å². The summed E-state index contributed by atoms with van der Waals surface area (Å²) in [4.78, 5) is 23.3. The molecule has 6 nitrogen and oxygen atoms in total. The molecule has 3 aromatic rings. The Labute approximate surface area is 144 Å². The van der Waals surface area contributed by atoms with Crippen LogP contribution in [-0.2, 0) is 4.74 Å². The molecule has 0 atom stereocenters. The summed E-state index contributed by atoms with van der Waals surface area (Å²) < 4.78 is 15.2. The molecule has 2 aromatic carbocycles. The molecule has 25 heavy (non-hydrogen) atoms. The number of rotatable bonds is 4. The van der Waals surface area contributed by atoms with Gasteiger partial charge in [0.25, 0.3) is 0 Å². The number of nitrogens with one attached hydrogen (secondary N) is 1. The molecule has 0 saturated heterocycles. The van der Waals surface area contributed by atoms with E-state index in [2.05, 4.69) is 10.1 Å². The van der Waals surface area contributed by atoms with Gasteiger partial charge in [-0.3, -0.25) is 5.32 Å². The zero-order valence-corrected chi connectivity index (χ0v) is 13.4. The zero-order chi connectivity index (χ0) is 17.6. The predicted molar refractivity (Wildman–Crippen MR) is 91.6 cm³/mol. The lowest BCUT2D eigenvalue weighted by atomic mass is 10.1. The van der Waals surface area contributed by atoms with Crippen LogP contribution in [0.3, 0.4) is 0 Å². The molecular formula is C19H15NO5. The third-order valence-electron chi connectivity index (χ3n) is 3.36. The molecule has 0 saturated carbocycles. The normalized spacial score (nSPS) is 10.1. The van der Waals surface area contributed by atoms with E-state index in [0.29, 0.717) is 17.2 Å². The minimum atomic E-state index is -0.579. The lowest BCUT2D eigenvalue weighted by Gasteiger charge is -2.07. The van der Waals surface area contributed by atoms with Gasteiger partial charge in [0, 0.05) is 11.3 Å². The summed E-state index contributed by atoms with van der Waals surface area (Å²) in [5.74, 6) is 0.584. The molecule has 1 N–H and O–H groups in total. The maximum absolute atomic E-state index is 11.8. The summed E-state index contributed by atoms with van der Waals surface area (Å²) >= 11 is 0. The van der Waals surface area contributed by atoms with Gasteiger partial charge in [0.2, 0.25) is 5.76 Å². The van der Waals surface area contributed by atoms with Gasteiger partial charge in [-0.1, -0.05) is 18.2 Å². The second-order valence-corrected chi connectivity index (χ2v) is 5.06. The molecule has 0 unspecified atom stereocenters. The topological polar surface area (TPSA) is 77.8 Å². The van der Waals surface area contributed by atoms with E-state index in [9.17, 15) is 9.59 Å². The number of furan rings is 1. The Kier molecular flexibility index (Phi) is 4.80. The Balaban J connectivity index is 1.65. The molecule has 1 heterocycles. The molecule has 0 aliphatic carbocycles. The third-order valence-corrected chi connectivity index (χ3v) is 3.36. The smallest absolute Gasteiger partial charge is 0.417 e. The summed E-state index contributed by atoms with van der Waals surface area (Å²) in [5, 5.41) is 2.64. The number of esters is 1. The number of carbonyl (C=O) groups excluding carboxylic acids is 2. The van der Waals surface area contributed by atoms with Crippen molar-refractivity contribution >= 4 is 17.7 Å². The van der Waals surface area contributed by atoms with Gasteiger partial charge < -0.3 is 13.9 Å². The van der Waals surface area contributed by atoms with Crippen LogP contribution in [0.25, 0.3) is 11.3 Å². The second kappa shape index (κ2) is 7.35. The van der Waals surface area contributed by atoms with Gasteiger partial charge in [0.05, 0.1) is 7.11 Å². The second-order valence-electron chi connectivity index (χ2n) is 5.06. The maximum Gasteiger partial charge on any atom is 0.417 e. The number of carbonyl (C=O) groups is 2. The van der Waals surface area contributed by atoms with E-state index in [1.54, 1.807) is 60.7 Å². The fourth-order valence-corrected chi connectivity index (χ4v) is 2.16. The average Bonchev–Trinajstić information content (AvgIpc) is 3.12. The first-order valence-electron chi connectivity index (χ1n) is 7.48. The lowest BCUT2D eigenvalue weighted by Crippen LogP contribution is -2.16. The highest BCUT2D eigenvalue weighted by Gasteiger charge is 2.12. The first kappa shape index (κ1) is 16.3. The summed E-state index contributed by atoms with van der Waals surface area (Å²) in [6.07, 6.45) is -0.579. The Morgan fingerprint density at radius 2 is 1.64 bits per heavy atom. The van der Waals surface area contributed by atoms with Crippen molar-refractivity contribution in [3.05, 3.63) is 72.5 Å². The van der Waals surface area contributed by atoms with Crippen LogP contribution in [0, 0.1) is 0 Å². The molecule has 0 spiro atoms. The number of methoxy groups -OCH3 is 1. The van der Waals surface area contributed by atoms with E-state index >= 15 is 0 Å². The summed E-state index contributed by atoms with van der Waals surface area (Å²) in [7, 11) is 1.29. The number of benzene rings is 2. The van der Waals surface area contributed by atoms with Gasteiger partial charge in [-0.05, 0) is 48.5 Å². The summed E-state index contributed by atoms with van der Waals surface area (Å²) in [5.41, 5.74) is 1.33. The molecule has 126 valence electrons. The molecule has 0 bridgehead atoms. The third kappa shape index (κ3) is 4.06. The van der Waals surface area contributed by atoms with Crippen molar-refractivity contribution in [2.75, 3.05) is 12.4 Å². The van der Waals surface area contributed by atoms with Crippen LogP contribution in [0.4, 0.5) is 10.5 Å². The monoisotopic (exact) mass is 337 g/mol. The molecule has 0 aliphatic rings. The van der Waals surface area contributed by atoms with Crippen molar-refractivity contribution < 1.29 is 23.5 Å². The molecule has 0 fully saturated rings. The lowest BCUT2D eigenvalue weighted by molar-refractivity contribution is 0.0566. The fraction of sp³-hybridized carbons (Fsp3) is 0.0526. The quantitative estimate of drug-likeness (QED) is 0.716. The highest BCUT2D eigenvalue weighted by Crippen LogP contribution is 2.24. The summed E-state index contributed by atoms with van der Waals surface area (Å²) in [6, 6.07) is 19.0. The van der Waals surface area contributed by atoms with E-state index in [-0.39, 0.29) is 5.76 Å². The first-order valence-corrected chi connectivity index (χ1v) is 7.48. The molecule has 1 aromatic heterocycles. The highest BCUT2D eigenvalue weighted by molar-refractivity contribution is 5.88. The van der Waals surface area contributed by atoms with Crippen molar-refractivity contribution in [3.63, 3.8) is 0 Å². The van der Waals surface area contributed by atoms with Gasteiger partial charge in [0.15, 0.2) is 0 Å². The minimum absolute atomic E-state index is 0.131. The van der Waals surface area contributed by atoms with Gasteiger partial charge in [-0.2, -0.15) is 0 Å². The predicted octanol–water partition coefficient (Wildman–Crippen LogP) is 4.34. The van der Waals surface area contributed by atoms with Crippen LogP contribution >= 0.6 is 0 Å². The van der Waals surface area contributed by atoms with Crippen LogP contribution in [0.2, 0.25) is 0 Å². The Hall–Kier alpha value is -3.54.